The number of carbonyl (C=O) groups is 1. The van der Waals surface area contributed by atoms with Crippen LogP contribution in [0.5, 0.6) is 0 Å². The fourth-order valence-corrected chi connectivity index (χ4v) is 0.617. The molecule has 0 aliphatic carbocycles. The molecule has 0 spiro atoms. The van der Waals surface area contributed by atoms with E-state index in [0.29, 0.717) is 12.3 Å². The minimum absolute atomic E-state index is 0.104. The normalized spacial score (nSPS) is 11.8. The molecule has 0 rings (SSSR count). The number of primary amides is 1. The highest BCUT2D eigenvalue weighted by molar-refractivity contribution is 5.70. The Balaban J connectivity index is 0. The van der Waals surface area contributed by atoms with Gasteiger partial charge in [-0.05, 0) is 18.8 Å². The predicted molar refractivity (Wildman–Crippen MR) is 52.0 cm³/mol. The van der Waals surface area contributed by atoms with Gasteiger partial charge >= 0.3 is 0 Å². The summed E-state index contributed by atoms with van der Waals surface area (Å²) in [6.07, 6.45) is 1.20. The van der Waals surface area contributed by atoms with Crippen LogP contribution in [0.1, 0.15) is 33.6 Å². The number of hydrogen-bond donors (Lipinski definition) is 3. The third-order valence-corrected chi connectivity index (χ3v) is 1.29. The molecule has 0 aromatic heterocycles. The first-order valence-corrected chi connectivity index (χ1v) is 4.45. The molecule has 0 aromatic carbocycles. The highest BCUT2D eigenvalue weighted by atomic mass is 16.3. The first-order chi connectivity index (χ1) is 5.90. The van der Waals surface area contributed by atoms with Crippen molar-refractivity contribution < 1.29 is 15.0 Å². The van der Waals surface area contributed by atoms with Crippen molar-refractivity contribution in [3.63, 3.8) is 0 Å². The van der Waals surface area contributed by atoms with Gasteiger partial charge in [0, 0.05) is 6.92 Å². The maximum absolute atomic E-state index is 9.22. The van der Waals surface area contributed by atoms with Gasteiger partial charge in [-0.15, -0.1) is 0 Å². The van der Waals surface area contributed by atoms with Gasteiger partial charge in [0.1, 0.15) is 0 Å². The number of aliphatic hydroxyl groups excluding tert-OH is 2. The van der Waals surface area contributed by atoms with Crippen LogP contribution < -0.4 is 5.73 Å². The smallest absolute Gasteiger partial charge is 0.214 e. The number of nitrogens with two attached hydrogens (primary N) is 1. The van der Waals surface area contributed by atoms with Gasteiger partial charge < -0.3 is 15.9 Å². The quantitative estimate of drug-likeness (QED) is 0.596. The van der Waals surface area contributed by atoms with Crippen molar-refractivity contribution in [3.8, 4) is 0 Å². The molecular weight excluding hydrogens is 170 g/mol. The van der Waals surface area contributed by atoms with Gasteiger partial charge in [-0.25, -0.2) is 0 Å². The van der Waals surface area contributed by atoms with E-state index in [9.17, 15) is 4.79 Å². The summed E-state index contributed by atoms with van der Waals surface area (Å²) in [6.45, 7) is 5.40. The van der Waals surface area contributed by atoms with Gasteiger partial charge in [-0.2, -0.15) is 0 Å². The molecule has 0 aromatic rings. The van der Waals surface area contributed by atoms with E-state index in [4.69, 9.17) is 10.2 Å². The molecule has 0 bridgehead atoms. The Morgan fingerprint density at radius 1 is 1.38 bits per heavy atom. The molecule has 13 heavy (non-hydrogen) atoms. The molecule has 0 heterocycles. The van der Waals surface area contributed by atoms with E-state index in [0.717, 1.165) is 6.42 Å². The minimum Gasteiger partial charge on any atom is -0.394 e. The Kier molecular flexibility index (Phi) is 10.9. The standard InChI is InChI=1S/C7H16O2.C2H5NO/c1-6(2)3-4-7(9)5-8;1-2(3)4/h6-9H,3-5H2,1-2H3;1H3,(H2,3,4). The van der Waals surface area contributed by atoms with E-state index in [1.54, 1.807) is 0 Å². The van der Waals surface area contributed by atoms with Crippen LogP contribution in [0.3, 0.4) is 0 Å². The molecule has 1 unspecified atom stereocenters. The Morgan fingerprint density at radius 3 is 2.00 bits per heavy atom. The molecule has 0 saturated heterocycles. The van der Waals surface area contributed by atoms with Gasteiger partial charge in [0.25, 0.3) is 0 Å². The Hall–Kier alpha value is -0.610. The zero-order valence-corrected chi connectivity index (χ0v) is 8.66. The van der Waals surface area contributed by atoms with Gasteiger partial charge in [-0.3, -0.25) is 4.79 Å². The summed E-state index contributed by atoms with van der Waals surface area (Å²) >= 11 is 0. The molecule has 1 amide bonds. The lowest BCUT2D eigenvalue weighted by atomic mass is 10.1. The van der Waals surface area contributed by atoms with E-state index < -0.39 is 6.10 Å². The summed E-state index contributed by atoms with van der Waals surface area (Å²) < 4.78 is 0. The first-order valence-electron chi connectivity index (χ1n) is 4.45. The molecule has 0 saturated carbocycles. The van der Waals surface area contributed by atoms with Crippen LogP contribution in [0.15, 0.2) is 0 Å². The zero-order chi connectivity index (χ0) is 10.9. The second-order valence-electron chi connectivity index (χ2n) is 3.42. The predicted octanol–water partition coefficient (Wildman–Crippen LogP) is 0.267. The molecule has 4 heteroatoms. The molecule has 0 aliphatic heterocycles. The monoisotopic (exact) mass is 191 g/mol. The summed E-state index contributed by atoms with van der Waals surface area (Å²) in [7, 11) is 0. The summed E-state index contributed by atoms with van der Waals surface area (Å²) in [4.78, 5) is 9.22. The maximum Gasteiger partial charge on any atom is 0.214 e. The van der Waals surface area contributed by atoms with Gasteiger partial charge in [0.2, 0.25) is 5.91 Å². The lowest BCUT2D eigenvalue weighted by molar-refractivity contribution is -0.115. The van der Waals surface area contributed by atoms with E-state index >= 15 is 0 Å². The summed E-state index contributed by atoms with van der Waals surface area (Å²) in [6, 6.07) is 0. The average Bonchev–Trinajstić information content (AvgIpc) is 1.99. The van der Waals surface area contributed by atoms with E-state index in [2.05, 4.69) is 19.6 Å². The van der Waals surface area contributed by atoms with E-state index in [-0.39, 0.29) is 12.5 Å². The molecule has 4 nitrogen and oxygen atoms in total. The van der Waals surface area contributed by atoms with Gasteiger partial charge in [0.05, 0.1) is 12.7 Å². The third-order valence-electron chi connectivity index (χ3n) is 1.29. The van der Waals surface area contributed by atoms with Crippen LogP contribution in [0.25, 0.3) is 0 Å². The summed E-state index contributed by atoms with van der Waals surface area (Å²) in [5.41, 5.74) is 4.47. The van der Waals surface area contributed by atoms with E-state index in [1.165, 1.54) is 6.92 Å². The number of aliphatic hydroxyl groups is 2. The molecule has 4 N–H and O–H groups in total. The van der Waals surface area contributed by atoms with Crippen molar-refractivity contribution in [2.75, 3.05) is 6.61 Å². The number of rotatable bonds is 4. The van der Waals surface area contributed by atoms with E-state index in [1.807, 2.05) is 0 Å². The van der Waals surface area contributed by atoms with Crippen molar-refractivity contribution in [1.82, 2.24) is 0 Å². The van der Waals surface area contributed by atoms with Crippen LogP contribution in [0, 0.1) is 5.92 Å². The molecule has 0 aliphatic rings. The van der Waals surface area contributed by atoms with Crippen LogP contribution in [-0.4, -0.2) is 28.8 Å². The lowest BCUT2D eigenvalue weighted by Gasteiger charge is -2.07. The number of hydrogen-bond acceptors (Lipinski definition) is 3. The van der Waals surface area contributed by atoms with Crippen molar-refractivity contribution in [2.45, 2.75) is 39.7 Å². The largest absolute Gasteiger partial charge is 0.394 e. The molecule has 0 radical (unpaired) electrons. The SMILES string of the molecule is CC(C)CCC(O)CO.CC(N)=O. The first kappa shape index (κ1) is 14.9. The van der Waals surface area contributed by atoms with Gasteiger partial charge in [0.15, 0.2) is 0 Å². The van der Waals surface area contributed by atoms with Crippen LogP contribution in [0.2, 0.25) is 0 Å². The fraction of sp³-hybridized carbons (Fsp3) is 0.889. The summed E-state index contributed by atoms with van der Waals surface area (Å²) in [5.74, 6) is 0.284. The average molecular weight is 191 g/mol. The van der Waals surface area contributed by atoms with Crippen molar-refractivity contribution in [2.24, 2.45) is 11.7 Å². The molecule has 80 valence electrons. The fourth-order valence-electron chi connectivity index (χ4n) is 0.617. The van der Waals surface area contributed by atoms with Crippen LogP contribution >= 0.6 is 0 Å². The maximum atomic E-state index is 9.22. The Bertz CT molecular complexity index is 122. The number of amides is 1. The summed E-state index contributed by atoms with van der Waals surface area (Å²) in [5, 5.41) is 17.3. The second-order valence-corrected chi connectivity index (χ2v) is 3.42. The van der Waals surface area contributed by atoms with Crippen LogP contribution in [-0.2, 0) is 4.79 Å². The zero-order valence-electron chi connectivity index (χ0n) is 8.66. The van der Waals surface area contributed by atoms with Crippen LogP contribution in [0.4, 0.5) is 0 Å². The Morgan fingerprint density at radius 2 is 1.77 bits per heavy atom. The second kappa shape index (κ2) is 9.48. The highest BCUT2D eigenvalue weighted by Crippen LogP contribution is 2.05. The number of carbonyl (C=O) groups excluding carboxylic acids is 1. The third kappa shape index (κ3) is 24.6. The van der Waals surface area contributed by atoms with Gasteiger partial charge in [-0.1, -0.05) is 13.8 Å². The molecular formula is C9H21NO3. The lowest BCUT2D eigenvalue weighted by Crippen LogP contribution is -2.12. The van der Waals surface area contributed by atoms with Crippen molar-refractivity contribution >= 4 is 5.91 Å². The highest BCUT2D eigenvalue weighted by Gasteiger charge is 2.02. The van der Waals surface area contributed by atoms with Crippen molar-refractivity contribution in [3.05, 3.63) is 0 Å². The Labute approximate surface area is 79.8 Å². The topological polar surface area (TPSA) is 83.6 Å². The molecule has 0 fully saturated rings. The van der Waals surface area contributed by atoms with Crippen molar-refractivity contribution in [1.29, 1.82) is 0 Å². The molecule has 1 atom stereocenters. The minimum atomic E-state index is -0.507.